The molecule has 4 rings (SSSR count). The van der Waals surface area contributed by atoms with Gasteiger partial charge in [0.15, 0.2) is 0 Å². The number of likely N-dealkylation sites (tertiary alicyclic amines) is 1. The second-order valence-corrected chi connectivity index (χ2v) is 9.17. The van der Waals surface area contributed by atoms with Gasteiger partial charge in [-0.1, -0.05) is 18.2 Å². The van der Waals surface area contributed by atoms with Crippen LogP contribution in [0.1, 0.15) is 39.7 Å². The van der Waals surface area contributed by atoms with Crippen LogP contribution in [0.2, 0.25) is 0 Å². The van der Waals surface area contributed by atoms with Gasteiger partial charge in [-0.25, -0.2) is 14.0 Å². The third-order valence-corrected chi connectivity index (χ3v) is 6.78. The van der Waals surface area contributed by atoms with Crippen molar-refractivity contribution in [2.75, 3.05) is 26.2 Å². The highest BCUT2D eigenvalue weighted by molar-refractivity contribution is 7.12. The van der Waals surface area contributed by atoms with E-state index in [1.54, 1.807) is 18.2 Å². The molecular formula is C24H27FN2O6S. The zero-order chi connectivity index (χ0) is 24.7. The van der Waals surface area contributed by atoms with Crippen LogP contribution in [0.5, 0.6) is 0 Å². The lowest BCUT2D eigenvalue weighted by atomic mass is 9.95. The Bertz CT molecular complexity index is 1030. The number of rotatable bonds is 7. The molecule has 0 radical (unpaired) electrons. The smallest absolute Gasteiger partial charge is 0.328 e. The number of β-amino-alcohol motifs (C(OH)–C–C–N with tert-alkyl or cyclic N) is 1. The topological polar surface area (TPSA) is 118 Å². The average molecular weight is 491 g/mol. The maximum atomic E-state index is 13.8. The van der Waals surface area contributed by atoms with Crippen molar-refractivity contribution in [2.24, 2.45) is 5.92 Å². The molecule has 1 aromatic heterocycles. The largest absolute Gasteiger partial charge is 0.478 e. The number of benzene rings is 1. The fourth-order valence-corrected chi connectivity index (χ4v) is 4.99. The number of hydrogen-bond acceptors (Lipinski definition) is 6. The number of carbonyl (C=O) groups is 3. The van der Waals surface area contributed by atoms with E-state index in [1.807, 2.05) is 16.3 Å². The Morgan fingerprint density at radius 2 is 1.76 bits per heavy atom. The minimum absolute atomic E-state index is 0.174. The van der Waals surface area contributed by atoms with Crippen LogP contribution in [0.4, 0.5) is 4.39 Å². The molecule has 0 saturated carbocycles. The number of aliphatic carboxylic acids is 2. The van der Waals surface area contributed by atoms with Gasteiger partial charge < -0.3 is 25.1 Å². The molecular weight excluding hydrogens is 463 g/mol. The molecule has 0 bridgehead atoms. The zero-order valence-electron chi connectivity index (χ0n) is 18.5. The van der Waals surface area contributed by atoms with E-state index < -0.39 is 18.0 Å². The van der Waals surface area contributed by atoms with Gasteiger partial charge in [0.05, 0.1) is 11.0 Å². The number of aliphatic hydroxyl groups is 1. The highest BCUT2D eigenvalue weighted by atomic mass is 32.1. The molecule has 8 nitrogen and oxygen atoms in total. The first-order valence-corrected chi connectivity index (χ1v) is 11.8. The van der Waals surface area contributed by atoms with Crippen LogP contribution >= 0.6 is 11.3 Å². The van der Waals surface area contributed by atoms with Crippen molar-refractivity contribution >= 4 is 29.2 Å². The van der Waals surface area contributed by atoms with E-state index in [4.69, 9.17) is 10.2 Å². The Kier molecular flexibility index (Phi) is 8.91. The first-order valence-electron chi connectivity index (χ1n) is 10.9. The monoisotopic (exact) mass is 490 g/mol. The van der Waals surface area contributed by atoms with Gasteiger partial charge in [0, 0.05) is 37.3 Å². The fourth-order valence-electron chi connectivity index (χ4n) is 4.11. The van der Waals surface area contributed by atoms with Crippen molar-refractivity contribution in [3.63, 3.8) is 0 Å². The Labute approximate surface area is 200 Å². The minimum Gasteiger partial charge on any atom is -0.478 e. The molecule has 3 N–H and O–H groups in total. The van der Waals surface area contributed by atoms with Crippen molar-refractivity contribution in [1.82, 2.24) is 9.80 Å². The summed E-state index contributed by atoms with van der Waals surface area (Å²) < 4.78 is 13.8. The molecule has 2 aromatic rings. The van der Waals surface area contributed by atoms with Crippen LogP contribution < -0.4 is 0 Å². The van der Waals surface area contributed by atoms with Crippen LogP contribution in [0.25, 0.3) is 0 Å². The maximum Gasteiger partial charge on any atom is 0.328 e. The summed E-state index contributed by atoms with van der Waals surface area (Å²) in [6.07, 6.45) is 2.32. The maximum absolute atomic E-state index is 13.8. The van der Waals surface area contributed by atoms with E-state index in [2.05, 4.69) is 4.90 Å². The van der Waals surface area contributed by atoms with Gasteiger partial charge in [-0.15, -0.1) is 11.3 Å². The van der Waals surface area contributed by atoms with Gasteiger partial charge >= 0.3 is 11.9 Å². The summed E-state index contributed by atoms with van der Waals surface area (Å²) >= 11 is 1.53. The van der Waals surface area contributed by atoms with E-state index >= 15 is 0 Å². The molecule has 10 heteroatoms. The lowest BCUT2D eigenvalue weighted by Crippen LogP contribution is -2.40. The van der Waals surface area contributed by atoms with Crippen LogP contribution in [0.3, 0.4) is 0 Å². The number of carboxylic acid groups (broad SMARTS) is 2. The number of piperidine rings is 1. The Morgan fingerprint density at radius 3 is 2.35 bits per heavy atom. The standard InChI is InChI=1S/C20H23FN2O2S.C4H4O4/c21-17-4-2-1-3-16(17)18(24)13-22-8-5-14(6-9-22)11-23-12-15-7-10-26-19(15)20(23)25;5-3(6)1-2-4(7)8/h1-4,7,10,14,18,24H,5-6,8-9,11-13H2;1-2H,(H,5,6)(H,7,8). The van der Waals surface area contributed by atoms with Gasteiger partial charge in [0.2, 0.25) is 0 Å². The summed E-state index contributed by atoms with van der Waals surface area (Å²) in [5.41, 5.74) is 1.52. The summed E-state index contributed by atoms with van der Waals surface area (Å²) in [6, 6.07) is 8.46. The van der Waals surface area contributed by atoms with Crippen molar-refractivity contribution in [3.8, 4) is 0 Å². The van der Waals surface area contributed by atoms with Crippen molar-refractivity contribution < 1.29 is 34.1 Å². The normalized spacial score (nSPS) is 17.4. The Morgan fingerprint density at radius 1 is 1.12 bits per heavy atom. The van der Waals surface area contributed by atoms with Crippen molar-refractivity contribution in [2.45, 2.75) is 25.5 Å². The van der Waals surface area contributed by atoms with Gasteiger partial charge in [-0.3, -0.25) is 4.79 Å². The van der Waals surface area contributed by atoms with Crippen LogP contribution in [-0.4, -0.2) is 69.1 Å². The van der Waals surface area contributed by atoms with Crippen LogP contribution in [0.15, 0.2) is 47.9 Å². The SMILES string of the molecule is O=C(O)C=CC(=O)O.O=C1c2sccc2CN1CC1CCN(CC(O)c2ccccc2F)CC1. The van der Waals surface area contributed by atoms with Gasteiger partial charge in [0.1, 0.15) is 5.82 Å². The third-order valence-electron chi connectivity index (χ3n) is 5.84. The quantitative estimate of drug-likeness (QED) is 0.511. The number of amides is 1. The summed E-state index contributed by atoms with van der Waals surface area (Å²) in [6.45, 7) is 3.75. The van der Waals surface area contributed by atoms with Crippen LogP contribution in [-0.2, 0) is 16.1 Å². The molecule has 34 heavy (non-hydrogen) atoms. The second kappa shape index (κ2) is 11.9. The fraction of sp³-hybridized carbons (Fsp3) is 0.375. The molecule has 0 aliphatic carbocycles. The molecule has 2 aliphatic heterocycles. The predicted molar refractivity (Wildman–Crippen MR) is 124 cm³/mol. The third kappa shape index (κ3) is 6.96. The van der Waals surface area contributed by atoms with E-state index in [1.165, 1.54) is 17.4 Å². The van der Waals surface area contributed by atoms with Crippen molar-refractivity contribution in [3.05, 3.63) is 69.7 Å². The Balaban J connectivity index is 0.000000350. The molecule has 182 valence electrons. The second-order valence-electron chi connectivity index (χ2n) is 8.25. The first-order chi connectivity index (χ1) is 16.2. The number of aliphatic hydroxyl groups excluding tert-OH is 1. The molecule has 1 atom stereocenters. The highest BCUT2D eigenvalue weighted by Gasteiger charge is 2.31. The lowest BCUT2D eigenvalue weighted by Gasteiger charge is -2.34. The average Bonchev–Trinajstić information content (AvgIpc) is 3.37. The summed E-state index contributed by atoms with van der Waals surface area (Å²) in [5, 5.41) is 27.9. The van der Waals surface area contributed by atoms with E-state index in [-0.39, 0.29) is 11.7 Å². The minimum atomic E-state index is -1.26. The number of thiophene rings is 1. The molecule has 1 amide bonds. The van der Waals surface area contributed by atoms with Gasteiger partial charge in [-0.05, 0) is 54.9 Å². The number of halogens is 1. The van der Waals surface area contributed by atoms with Crippen molar-refractivity contribution in [1.29, 1.82) is 0 Å². The number of hydrogen-bond donors (Lipinski definition) is 3. The molecule has 0 spiro atoms. The summed E-state index contributed by atoms with van der Waals surface area (Å²) in [7, 11) is 0. The molecule has 2 aliphatic rings. The molecule has 1 saturated heterocycles. The van der Waals surface area contributed by atoms with Gasteiger partial charge in [-0.2, -0.15) is 0 Å². The summed E-state index contributed by atoms with van der Waals surface area (Å²) in [5.74, 6) is -2.20. The number of carboxylic acids is 2. The van der Waals surface area contributed by atoms with Gasteiger partial charge in [0.25, 0.3) is 5.91 Å². The zero-order valence-corrected chi connectivity index (χ0v) is 19.3. The summed E-state index contributed by atoms with van der Waals surface area (Å²) in [4.78, 5) is 36.6. The number of fused-ring (bicyclic) bond motifs is 1. The highest BCUT2D eigenvalue weighted by Crippen LogP contribution is 2.30. The first kappa shape index (κ1) is 25.5. The number of carbonyl (C=O) groups excluding carboxylic acids is 1. The predicted octanol–water partition coefficient (Wildman–Crippen LogP) is 3.00. The molecule has 3 heterocycles. The van der Waals surface area contributed by atoms with E-state index in [9.17, 15) is 23.9 Å². The molecule has 1 fully saturated rings. The van der Waals surface area contributed by atoms with E-state index in [0.29, 0.717) is 30.2 Å². The molecule has 1 aromatic carbocycles. The Hall–Kier alpha value is -3.08. The van der Waals surface area contributed by atoms with E-state index in [0.717, 1.165) is 49.5 Å². The number of nitrogens with zero attached hydrogens (tertiary/aromatic N) is 2. The lowest BCUT2D eigenvalue weighted by molar-refractivity contribution is -0.134. The molecule has 1 unspecified atom stereocenters. The van der Waals surface area contributed by atoms with Crippen LogP contribution in [0, 0.1) is 11.7 Å².